The highest BCUT2D eigenvalue weighted by Crippen LogP contribution is 2.38. The van der Waals surface area contributed by atoms with Crippen LogP contribution in [0, 0.1) is 19.3 Å². The van der Waals surface area contributed by atoms with Crippen molar-refractivity contribution in [3.05, 3.63) is 70.3 Å². The quantitative estimate of drug-likeness (QED) is 0.903. The van der Waals surface area contributed by atoms with Crippen molar-refractivity contribution in [2.24, 2.45) is 11.1 Å². The Hall–Kier alpha value is -1.60. The predicted octanol–water partition coefficient (Wildman–Crippen LogP) is 3.98. The molecule has 0 spiro atoms. The molecule has 0 aromatic heterocycles. The second kappa shape index (κ2) is 5.65. The first-order valence-corrected chi connectivity index (χ1v) is 7.95. The third kappa shape index (κ3) is 2.89. The lowest BCUT2D eigenvalue weighted by atomic mass is 9.68. The Bertz CT molecular complexity index is 644. The van der Waals surface area contributed by atoms with Crippen molar-refractivity contribution in [2.75, 3.05) is 6.54 Å². The van der Waals surface area contributed by atoms with E-state index < -0.39 is 0 Å². The zero-order chi connectivity index (χ0) is 14.9. The van der Waals surface area contributed by atoms with E-state index in [-0.39, 0.29) is 5.41 Å². The molecular weight excluding hydrogens is 254 g/mol. The molecule has 0 fully saturated rings. The Morgan fingerprint density at radius 1 is 1.05 bits per heavy atom. The molecule has 0 saturated heterocycles. The molecule has 2 N–H and O–H groups in total. The minimum atomic E-state index is 0.229. The van der Waals surface area contributed by atoms with Crippen molar-refractivity contribution < 1.29 is 0 Å². The molecule has 1 aliphatic rings. The fraction of sp³-hybridized carbons (Fsp3) is 0.400. The summed E-state index contributed by atoms with van der Waals surface area (Å²) < 4.78 is 0. The van der Waals surface area contributed by atoms with Gasteiger partial charge in [0, 0.05) is 0 Å². The van der Waals surface area contributed by atoms with E-state index in [1.54, 1.807) is 0 Å². The van der Waals surface area contributed by atoms with Crippen LogP contribution in [0.3, 0.4) is 0 Å². The van der Waals surface area contributed by atoms with Crippen molar-refractivity contribution in [3.63, 3.8) is 0 Å². The number of hydrogen-bond donors (Lipinski definition) is 1. The second-order valence-corrected chi connectivity index (χ2v) is 6.76. The molecule has 110 valence electrons. The Balaban J connectivity index is 1.90. The van der Waals surface area contributed by atoms with Gasteiger partial charge in [0.25, 0.3) is 0 Å². The van der Waals surface area contributed by atoms with Gasteiger partial charge in [0.2, 0.25) is 0 Å². The van der Waals surface area contributed by atoms with Gasteiger partial charge in [-0.15, -0.1) is 0 Å². The van der Waals surface area contributed by atoms with Crippen LogP contribution in [0.15, 0.2) is 42.5 Å². The van der Waals surface area contributed by atoms with E-state index in [1.165, 1.54) is 34.2 Å². The lowest BCUT2D eigenvalue weighted by Crippen LogP contribution is -2.38. The molecule has 1 unspecified atom stereocenters. The number of benzene rings is 2. The Labute approximate surface area is 128 Å². The molecule has 1 aliphatic carbocycles. The molecule has 0 bridgehead atoms. The van der Waals surface area contributed by atoms with Gasteiger partial charge in [0.1, 0.15) is 0 Å². The van der Waals surface area contributed by atoms with Gasteiger partial charge in [0.05, 0.1) is 0 Å². The first-order chi connectivity index (χ1) is 10.1. The van der Waals surface area contributed by atoms with E-state index in [0.29, 0.717) is 0 Å². The Kier molecular flexibility index (Phi) is 3.86. The summed E-state index contributed by atoms with van der Waals surface area (Å²) in [5, 5.41) is 0. The monoisotopic (exact) mass is 279 g/mol. The molecular formula is C20H25N. The van der Waals surface area contributed by atoms with Crippen molar-refractivity contribution in [1.29, 1.82) is 0 Å². The predicted molar refractivity (Wildman–Crippen MR) is 89.6 cm³/mol. The number of hydrogen-bond acceptors (Lipinski definition) is 1. The maximum Gasteiger partial charge on any atom is -0.00140 e. The third-order valence-corrected chi connectivity index (χ3v) is 5.11. The van der Waals surface area contributed by atoms with Gasteiger partial charge < -0.3 is 5.73 Å². The standard InChI is InChI=1S/C20H25N/c1-15-7-8-16(2)19(11-15)13-20(14-21)10-9-17-5-3-4-6-18(17)12-20/h3-8,11H,9-10,12-14,21H2,1-2H3. The number of fused-ring (bicyclic) bond motifs is 1. The average Bonchev–Trinajstić information content (AvgIpc) is 2.51. The van der Waals surface area contributed by atoms with Crippen LogP contribution in [0.1, 0.15) is 34.2 Å². The molecule has 0 saturated carbocycles. The van der Waals surface area contributed by atoms with Gasteiger partial charge in [-0.1, -0.05) is 48.0 Å². The summed E-state index contributed by atoms with van der Waals surface area (Å²) in [4.78, 5) is 0. The van der Waals surface area contributed by atoms with Crippen LogP contribution in [-0.2, 0) is 19.3 Å². The molecule has 0 amide bonds. The van der Waals surface area contributed by atoms with E-state index in [2.05, 4.69) is 56.3 Å². The fourth-order valence-electron chi connectivity index (χ4n) is 3.66. The molecule has 2 aromatic carbocycles. The molecule has 0 aliphatic heterocycles. The smallest absolute Gasteiger partial charge is 0.00140 e. The molecule has 0 heterocycles. The van der Waals surface area contributed by atoms with Crippen LogP contribution in [0.2, 0.25) is 0 Å². The van der Waals surface area contributed by atoms with Crippen LogP contribution >= 0.6 is 0 Å². The van der Waals surface area contributed by atoms with Gasteiger partial charge in [0.15, 0.2) is 0 Å². The third-order valence-electron chi connectivity index (χ3n) is 5.11. The van der Waals surface area contributed by atoms with Crippen molar-refractivity contribution in [1.82, 2.24) is 0 Å². The normalized spacial score (nSPS) is 21.1. The minimum absolute atomic E-state index is 0.229. The van der Waals surface area contributed by atoms with Crippen LogP contribution < -0.4 is 5.73 Å². The lowest BCUT2D eigenvalue weighted by Gasteiger charge is -2.38. The molecule has 2 aromatic rings. The summed E-state index contributed by atoms with van der Waals surface area (Å²) in [6.07, 6.45) is 4.59. The fourth-order valence-corrected chi connectivity index (χ4v) is 3.66. The Morgan fingerprint density at radius 3 is 2.57 bits per heavy atom. The van der Waals surface area contributed by atoms with Gasteiger partial charge in [-0.05, 0) is 73.7 Å². The van der Waals surface area contributed by atoms with E-state index in [4.69, 9.17) is 5.73 Å². The molecule has 1 nitrogen and oxygen atoms in total. The molecule has 1 heteroatoms. The van der Waals surface area contributed by atoms with Crippen LogP contribution in [0.4, 0.5) is 0 Å². The topological polar surface area (TPSA) is 26.0 Å². The second-order valence-electron chi connectivity index (χ2n) is 6.76. The summed E-state index contributed by atoms with van der Waals surface area (Å²) in [7, 11) is 0. The average molecular weight is 279 g/mol. The van der Waals surface area contributed by atoms with E-state index in [1.807, 2.05) is 0 Å². The maximum absolute atomic E-state index is 6.23. The highest BCUT2D eigenvalue weighted by molar-refractivity contribution is 5.35. The van der Waals surface area contributed by atoms with Gasteiger partial charge in [-0.2, -0.15) is 0 Å². The largest absolute Gasteiger partial charge is 0.330 e. The zero-order valence-corrected chi connectivity index (χ0v) is 13.2. The minimum Gasteiger partial charge on any atom is -0.330 e. The van der Waals surface area contributed by atoms with Crippen LogP contribution in [0.25, 0.3) is 0 Å². The highest BCUT2D eigenvalue weighted by atomic mass is 14.6. The molecule has 1 atom stereocenters. The van der Waals surface area contributed by atoms with Crippen molar-refractivity contribution in [3.8, 4) is 0 Å². The molecule has 21 heavy (non-hydrogen) atoms. The van der Waals surface area contributed by atoms with Gasteiger partial charge in [-0.25, -0.2) is 0 Å². The first kappa shape index (κ1) is 14.3. The molecule has 0 radical (unpaired) electrons. The number of aryl methyl sites for hydroxylation is 3. The molecule has 3 rings (SSSR count). The SMILES string of the molecule is Cc1ccc(C)c(CC2(CN)CCc3ccccc3C2)c1. The maximum atomic E-state index is 6.23. The van der Waals surface area contributed by atoms with E-state index >= 15 is 0 Å². The number of nitrogens with two attached hydrogens (primary N) is 1. The summed E-state index contributed by atoms with van der Waals surface area (Å²) >= 11 is 0. The number of rotatable bonds is 3. The van der Waals surface area contributed by atoms with E-state index in [9.17, 15) is 0 Å². The zero-order valence-electron chi connectivity index (χ0n) is 13.2. The van der Waals surface area contributed by atoms with Crippen LogP contribution in [0.5, 0.6) is 0 Å². The lowest BCUT2D eigenvalue weighted by molar-refractivity contribution is 0.253. The van der Waals surface area contributed by atoms with Crippen molar-refractivity contribution >= 4 is 0 Å². The van der Waals surface area contributed by atoms with Crippen LogP contribution in [-0.4, -0.2) is 6.54 Å². The summed E-state index contributed by atoms with van der Waals surface area (Å²) in [6, 6.07) is 15.6. The first-order valence-electron chi connectivity index (χ1n) is 7.95. The summed E-state index contributed by atoms with van der Waals surface area (Å²) in [5.41, 5.74) is 13.7. The van der Waals surface area contributed by atoms with Gasteiger partial charge in [-0.3, -0.25) is 0 Å². The van der Waals surface area contributed by atoms with Gasteiger partial charge >= 0.3 is 0 Å². The highest BCUT2D eigenvalue weighted by Gasteiger charge is 2.33. The van der Waals surface area contributed by atoms with E-state index in [0.717, 1.165) is 25.8 Å². The Morgan fingerprint density at radius 2 is 1.81 bits per heavy atom. The summed E-state index contributed by atoms with van der Waals surface area (Å²) in [6.45, 7) is 5.17. The van der Waals surface area contributed by atoms with Crippen molar-refractivity contribution in [2.45, 2.75) is 39.5 Å². The summed E-state index contributed by atoms with van der Waals surface area (Å²) in [5.74, 6) is 0.